The van der Waals surface area contributed by atoms with Crippen molar-refractivity contribution in [3.05, 3.63) is 148 Å². The molecule has 1 aromatic heterocycles. The number of ether oxygens (including phenoxy) is 2. The van der Waals surface area contributed by atoms with Gasteiger partial charge in [-0.15, -0.1) is 0 Å². The zero-order valence-electron chi connectivity index (χ0n) is 24.1. The van der Waals surface area contributed by atoms with E-state index in [4.69, 9.17) is 13.9 Å². The Bertz CT molecular complexity index is 1990. The van der Waals surface area contributed by atoms with Gasteiger partial charge in [0.1, 0.15) is 30.1 Å². The van der Waals surface area contributed by atoms with Gasteiger partial charge in [0, 0.05) is 34.0 Å². The van der Waals surface area contributed by atoms with Gasteiger partial charge < -0.3 is 18.8 Å². The van der Waals surface area contributed by atoms with Crippen molar-refractivity contribution in [3.63, 3.8) is 0 Å². The van der Waals surface area contributed by atoms with E-state index in [-0.39, 0.29) is 49.2 Å². The molecule has 1 amide bonds. The van der Waals surface area contributed by atoms with Gasteiger partial charge in [-0.2, -0.15) is 0 Å². The van der Waals surface area contributed by atoms with Crippen LogP contribution < -0.4 is 9.47 Å². The molecule has 45 heavy (non-hydrogen) atoms. The highest BCUT2D eigenvalue weighted by atomic mass is 16.6. The molecular formula is C36H28N2O7. The minimum atomic E-state index is -0.587. The molecule has 0 spiro atoms. The third kappa shape index (κ3) is 6.67. The Kier molecular flexibility index (Phi) is 8.50. The fraction of sp³-hybridized carbons (Fsp3) is 0.111. The predicted octanol–water partition coefficient (Wildman–Crippen LogP) is 7.48. The van der Waals surface area contributed by atoms with Crippen LogP contribution in [0.5, 0.6) is 11.5 Å². The molecule has 0 saturated carbocycles. The molecule has 0 aliphatic heterocycles. The van der Waals surface area contributed by atoms with E-state index in [0.29, 0.717) is 16.9 Å². The molecule has 0 unspecified atom stereocenters. The highest BCUT2D eigenvalue weighted by Crippen LogP contribution is 2.31. The van der Waals surface area contributed by atoms with E-state index in [9.17, 15) is 19.7 Å². The number of amides is 1. The maximum atomic E-state index is 13.5. The number of ketones is 1. The van der Waals surface area contributed by atoms with Crippen molar-refractivity contribution < 1.29 is 28.4 Å². The molecule has 0 aliphatic rings. The highest BCUT2D eigenvalue weighted by molar-refractivity contribution is 6.05. The number of nitrogens with zero attached hydrogens (tertiary/aromatic N) is 2. The SMILES string of the molecule is O=C(CN(CCOc1ccc2c(c1)oc1ccccc12)C(=O)c1ccccc1)c1ccc(OCc2ccccc2)c([N+](=O)[O-])c1. The third-order valence-corrected chi connectivity index (χ3v) is 7.34. The van der Waals surface area contributed by atoms with Crippen LogP contribution in [0.4, 0.5) is 5.69 Å². The summed E-state index contributed by atoms with van der Waals surface area (Å²) in [6.07, 6.45) is 0. The third-order valence-electron chi connectivity index (χ3n) is 7.34. The molecule has 0 saturated heterocycles. The largest absolute Gasteiger partial charge is 0.492 e. The van der Waals surface area contributed by atoms with Crippen molar-refractivity contribution in [2.24, 2.45) is 0 Å². The molecule has 224 valence electrons. The lowest BCUT2D eigenvalue weighted by molar-refractivity contribution is -0.386. The summed E-state index contributed by atoms with van der Waals surface area (Å²) in [5, 5.41) is 13.8. The number of para-hydroxylation sites is 1. The summed E-state index contributed by atoms with van der Waals surface area (Å²) in [6.45, 7) is 0.0284. The number of hydrogen-bond acceptors (Lipinski definition) is 7. The molecule has 9 heteroatoms. The molecule has 0 aliphatic carbocycles. The Balaban J connectivity index is 1.17. The lowest BCUT2D eigenvalue weighted by Crippen LogP contribution is -2.38. The predicted molar refractivity (Wildman–Crippen MR) is 170 cm³/mol. The number of fused-ring (bicyclic) bond motifs is 3. The molecule has 0 N–H and O–H groups in total. The highest BCUT2D eigenvalue weighted by Gasteiger charge is 2.23. The number of nitro benzene ring substituents is 1. The van der Waals surface area contributed by atoms with Crippen molar-refractivity contribution in [1.29, 1.82) is 0 Å². The zero-order chi connectivity index (χ0) is 31.2. The molecular weight excluding hydrogens is 572 g/mol. The van der Waals surface area contributed by atoms with E-state index >= 15 is 0 Å². The number of furan rings is 1. The van der Waals surface area contributed by atoms with Gasteiger partial charge in [-0.3, -0.25) is 19.7 Å². The summed E-state index contributed by atoms with van der Waals surface area (Å²) >= 11 is 0. The summed E-state index contributed by atoms with van der Waals surface area (Å²) in [5.41, 5.74) is 2.47. The minimum Gasteiger partial charge on any atom is -0.492 e. The lowest BCUT2D eigenvalue weighted by atomic mass is 10.1. The van der Waals surface area contributed by atoms with Crippen molar-refractivity contribution in [2.75, 3.05) is 19.7 Å². The quantitative estimate of drug-likeness (QED) is 0.0813. The van der Waals surface area contributed by atoms with Crippen LogP contribution in [0.2, 0.25) is 0 Å². The Labute approximate surface area is 258 Å². The van der Waals surface area contributed by atoms with Gasteiger partial charge in [-0.25, -0.2) is 0 Å². The Morgan fingerprint density at radius 3 is 2.22 bits per heavy atom. The van der Waals surface area contributed by atoms with Crippen LogP contribution in [0.3, 0.4) is 0 Å². The molecule has 6 aromatic rings. The van der Waals surface area contributed by atoms with E-state index in [2.05, 4.69) is 0 Å². The molecule has 1 heterocycles. The van der Waals surface area contributed by atoms with Crippen LogP contribution in [-0.2, 0) is 6.61 Å². The second-order valence-corrected chi connectivity index (χ2v) is 10.3. The van der Waals surface area contributed by atoms with Gasteiger partial charge >= 0.3 is 5.69 Å². The Morgan fingerprint density at radius 2 is 1.44 bits per heavy atom. The van der Waals surface area contributed by atoms with Gasteiger partial charge in [0.05, 0.1) is 18.0 Å². The first-order valence-corrected chi connectivity index (χ1v) is 14.3. The smallest absolute Gasteiger partial charge is 0.311 e. The van der Waals surface area contributed by atoms with Crippen molar-refractivity contribution >= 4 is 39.3 Å². The standard InChI is InChI=1S/C36H28N2O7/c39-32(27-15-18-34(31(21-27)38(41)42)44-24-25-9-3-1-4-10-25)23-37(36(40)26-11-5-2-6-12-26)19-20-43-28-16-17-30-29-13-7-8-14-33(29)45-35(30)22-28/h1-18,21-22H,19-20,23-24H2. The van der Waals surface area contributed by atoms with E-state index in [0.717, 1.165) is 21.9 Å². The number of carbonyl (C=O) groups excluding carboxylic acids is 2. The first-order chi connectivity index (χ1) is 22.0. The molecule has 0 bridgehead atoms. The van der Waals surface area contributed by atoms with Gasteiger partial charge in [0.25, 0.3) is 5.91 Å². The minimum absolute atomic E-state index is 0.0486. The van der Waals surface area contributed by atoms with Gasteiger partial charge in [-0.05, 0) is 48.0 Å². The fourth-order valence-corrected chi connectivity index (χ4v) is 5.04. The first-order valence-electron chi connectivity index (χ1n) is 14.3. The van der Waals surface area contributed by atoms with Crippen LogP contribution in [0.15, 0.2) is 126 Å². The monoisotopic (exact) mass is 600 g/mol. The Hall–Kier alpha value is -5.96. The first kappa shape index (κ1) is 29.1. The van der Waals surface area contributed by atoms with Crippen LogP contribution in [0.25, 0.3) is 21.9 Å². The van der Waals surface area contributed by atoms with Crippen molar-refractivity contribution in [3.8, 4) is 11.5 Å². The number of rotatable bonds is 12. The maximum Gasteiger partial charge on any atom is 0.311 e. The number of carbonyl (C=O) groups is 2. The zero-order valence-corrected chi connectivity index (χ0v) is 24.1. The lowest BCUT2D eigenvalue weighted by Gasteiger charge is -2.22. The van der Waals surface area contributed by atoms with E-state index in [1.807, 2.05) is 66.7 Å². The van der Waals surface area contributed by atoms with E-state index in [1.165, 1.54) is 23.1 Å². The molecule has 5 aromatic carbocycles. The number of nitro groups is 1. The number of Topliss-reactive ketones (excluding diaryl/α,β-unsaturated/α-hetero) is 1. The molecule has 0 radical (unpaired) electrons. The normalized spacial score (nSPS) is 10.9. The van der Waals surface area contributed by atoms with E-state index < -0.39 is 10.7 Å². The average Bonchev–Trinajstić information content (AvgIpc) is 3.45. The molecule has 0 fully saturated rings. The summed E-state index contributed by atoms with van der Waals surface area (Å²) in [5.74, 6) is -0.215. The van der Waals surface area contributed by atoms with Crippen LogP contribution in [0.1, 0.15) is 26.3 Å². The van der Waals surface area contributed by atoms with Crippen molar-refractivity contribution in [2.45, 2.75) is 6.61 Å². The average molecular weight is 601 g/mol. The van der Waals surface area contributed by atoms with Crippen molar-refractivity contribution in [1.82, 2.24) is 4.90 Å². The van der Waals surface area contributed by atoms with Gasteiger partial charge in [-0.1, -0.05) is 66.7 Å². The van der Waals surface area contributed by atoms with Gasteiger partial charge in [0.2, 0.25) is 0 Å². The molecule has 9 nitrogen and oxygen atoms in total. The molecule has 6 rings (SSSR count). The number of hydrogen-bond donors (Lipinski definition) is 0. The maximum absolute atomic E-state index is 13.5. The summed E-state index contributed by atoms with van der Waals surface area (Å²) < 4.78 is 17.6. The van der Waals surface area contributed by atoms with Crippen LogP contribution in [0, 0.1) is 10.1 Å². The molecule has 0 atom stereocenters. The van der Waals surface area contributed by atoms with E-state index in [1.54, 1.807) is 36.4 Å². The topological polar surface area (TPSA) is 112 Å². The summed E-state index contributed by atoms with van der Waals surface area (Å²) in [4.78, 5) is 39.5. The van der Waals surface area contributed by atoms with Gasteiger partial charge in [0.15, 0.2) is 11.5 Å². The second kappa shape index (κ2) is 13.1. The fourth-order valence-electron chi connectivity index (χ4n) is 5.04. The summed E-state index contributed by atoms with van der Waals surface area (Å²) in [6, 6.07) is 35.3. The second-order valence-electron chi connectivity index (χ2n) is 10.3. The number of benzene rings is 5. The Morgan fingerprint density at radius 1 is 0.733 bits per heavy atom. The van der Waals surface area contributed by atoms with Crippen LogP contribution >= 0.6 is 0 Å². The summed E-state index contributed by atoms with van der Waals surface area (Å²) in [7, 11) is 0. The van der Waals surface area contributed by atoms with Crippen LogP contribution in [-0.4, -0.2) is 41.2 Å².